The Kier molecular flexibility index (Phi) is 21.7. The largest absolute Gasteiger partial charge is 0.459 e. The predicted octanol–water partition coefficient (Wildman–Crippen LogP) is 8.60. The number of hydrogen-bond donors (Lipinski definition) is 4. The maximum atomic E-state index is 14.5. The highest BCUT2D eigenvalue weighted by Gasteiger charge is 2.66. The molecule has 0 saturated heterocycles. The summed E-state index contributed by atoms with van der Waals surface area (Å²) >= 11 is 0. The van der Waals surface area contributed by atoms with E-state index >= 15 is 0 Å². The van der Waals surface area contributed by atoms with Crippen LogP contribution in [0.4, 0.5) is 4.79 Å². The lowest BCUT2D eigenvalue weighted by molar-refractivity contribution is -0.258. The third-order valence-electron chi connectivity index (χ3n) is 13.3. The van der Waals surface area contributed by atoms with Gasteiger partial charge in [-0.05, 0) is 87.5 Å². The average molecular weight is 882 g/mol. The van der Waals surface area contributed by atoms with Crippen LogP contribution < -0.4 is 14.8 Å². The van der Waals surface area contributed by atoms with E-state index < -0.39 is 23.8 Å². The van der Waals surface area contributed by atoms with Gasteiger partial charge in [0, 0.05) is 50.1 Å². The summed E-state index contributed by atoms with van der Waals surface area (Å²) in [7, 11) is 0. The molecule has 1 aromatic carbocycles. The molecule has 6 unspecified atom stereocenters. The van der Waals surface area contributed by atoms with Crippen molar-refractivity contribution < 1.29 is 48.7 Å². The number of benzene rings is 1. The molecule has 1 aromatic rings. The quantitative estimate of drug-likeness (QED) is 0.0313. The molecule has 2 fully saturated rings. The Labute approximate surface area is 377 Å². The van der Waals surface area contributed by atoms with Crippen LogP contribution >= 0.6 is 0 Å². The lowest BCUT2D eigenvalue weighted by atomic mass is 9.55. The van der Waals surface area contributed by atoms with E-state index in [0.717, 1.165) is 74.6 Å². The van der Waals surface area contributed by atoms with Crippen molar-refractivity contribution in [2.24, 2.45) is 28.8 Å². The number of aliphatic hydroxyl groups excluding tert-OH is 3. The van der Waals surface area contributed by atoms with Crippen LogP contribution in [0.15, 0.2) is 47.7 Å². The summed E-state index contributed by atoms with van der Waals surface area (Å²) in [6.07, 6.45) is 22.1. The van der Waals surface area contributed by atoms with Crippen molar-refractivity contribution in [2.75, 3.05) is 59.3 Å². The number of amides is 2. The molecule has 5 rings (SSSR count). The Morgan fingerprint density at radius 3 is 2.30 bits per heavy atom. The molecule has 4 N–H and O–H groups in total. The second kappa shape index (κ2) is 27.1. The van der Waals surface area contributed by atoms with Gasteiger partial charge in [0.15, 0.2) is 0 Å². The molecule has 63 heavy (non-hydrogen) atoms. The van der Waals surface area contributed by atoms with Gasteiger partial charge in [0.25, 0.3) is 0 Å². The molecule has 3 aliphatic carbocycles. The van der Waals surface area contributed by atoms with Crippen LogP contribution in [0.5, 0.6) is 11.5 Å². The number of hydrogen-bond acceptors (Lipinski definition) is 11. The summed E-state index contributed by atoms with van der Waals surface area (Å²) in [4.78, 5) is 35.4. The maximum Gasteiger partial charge on any atom is 0.412 e. The zero-order chi connectivity index (χ0) is 44.9. The van der Waals surface area contributed by atoms with Crippen molar-refractivity contribution in [1.29, 1.82) is 0 Å². The Hall–Kier alpha value is -3.49. The first-order valence-corrected chi connectivity index (χ1v) is 24.5. The van der Waals surface area contributed by atoms with E-state index in [1.54, 1.807) is 12.1 Å². The lowest BCUT2D eigenvalue weighted by Gasteiger charge is -2.60. The molecule has 354 valence electrons. The summed E-state index contributed by atoms with van der Waals surface area (Å²) in [5.41, 5.74) is 2.56. The number of ether oxygens (including phenoxy) is 4. The number of nitrogens with one attached hydrogen (secondary N) is 1. The fourth-order valence-electron chi connectivity index (χ4n) is 10.1. The number of carbonyl (C=O) groups is 2. The van der Waals surface area contributed by atoms with Gasteiger partial charge in [-0.2, -0.15) is 0 Å². The third kappa shape index (κ3) is 14.0. The molecule has 4 aliphatic rings. The van der Waals surface area contributed by atoms with Gasteiger partial charge in [-0.15, -0.1) is 6.58 Å². The molecular weight excluding hydrogens is 803 g/mol. The Morgan fingerprint density at radius 1 is 0.921 bits per heavy atom. The van der Waals surface area contributed by atoms with Crippen LogP contribution in [0.1, 0.15) is 147 Å². The minimum absolute atomic E-state index is 0.00747. The molecular formula is C50H79N3O10. The summed E-state index contributed by atoms with van der Waals surface area (Å²) < 4.78 is 26.1. The standard InChI is InChI=1S/C50H79N3O10/c1-4-7-8-9-10-11-12-13-14-17-26-51-49(58)62-39-24-25-44-42(35-39)46-40(21-16-19-29-55)38(20-15-18-28-54)34-41-43(52-61-6-3)36-45(50(63-44,47(41)46)60-31-5-2)53(27-32-59-33-30-56)48(57)37-22-23-37/h5,24-25,34-35,37-38,40,45-47,54-56H,2,4,6-23,26-33,36H2,1,3H3,(H,51,58). The first kappa shape index (κ1) is 50.5. The number of rotatable bonds is 32. The molecule has 1 aliphatic heterocycles. The minimum Gasteiger partial charge on any atom is -0.459 e. The molecule has 0 bridgehead atoms. The second-order valence-electron chi connectivity index (χ2n) is 17.8. The highest BCUT2D eigenvalue weighted by Crippen LogP contribution is 2.62. The van der Waals surface area contributed by atoms with Crippen molar-refractivity contribution in [3.8, 4) is 11.5 Å². The van der Waals surface area contributed by atoms with Gasteiger partial charge in [0.05, 0.1) is 38.1 Å². The van der Waals surface area contributed by atoms with Gasteiger partial charge < -0.3 is 49.3 Å². The average Bonchev–Trinajstić information content (AvgIpc) is 4.14. The number of allylic oxidation sites excluding steroid dienone is 1. The Bertz CT molecular complexity index is 1620. The van der Waals surface area contributed by atoms with Crippen LogP contribution in [0.2, 0.25) is 0 Å². The first-order valence-electron chi connectivity index (χ1n) is 24.5. The van der Waals surface area contributed by atoms with E-state index in [2.05, 4.69) is 24.9 Å². The fourth-order valence-corrected chi connectivity index (χ4v) is 10.1. The monoisotopic (exact) mass is 882 g/mol. The van der Waals surface area contributed by atoms with Gasteiger partial charge in [0.2, 0.25) is 11.7 Å². The Balaban J connectivity index is 1.52. The number of unbranched alkanes of at least 4 members (excludes halogenated alkanes) is 11. The highest BCUT2D eigenvalue weighted by molar-refractivity contribution is 6.03. The van der Waals surface area contributed by atoms with Crippen LogP contribution in [-0.4, -0.2) is 109 Å². The van der Waals surface area contributed by atoms with Crippen molar-refractivity contribution in [3.63, 3.8) is 0 Å². The number of carbonyl (C=O) groups excluding carboxylic acids is 2. The summed E-state index contributed by atoms with van der Waals surface area (Å²) in [6, 6.07) is 4.91. The van der Waals surface area contributed by atoms with E-state index in [9.17, 15) is 24.9 Å². The van der Waals surface area contributed by atoms with E-state index in [4.69, 9.17) is 28.9 Å². The minimum atomic E-state index is -1.38. The van der Waals surface area contributed by atoms with E-state index in [1.165, 1.54) is 44.9 Å². The predicted molar refractivity (Wildman–Crippen MR) is 245 cm³/mol. The van der Waals surface area contributed by atoms with Gasteiger partial charge in [-0.25, -0.2) is 4.79 Å². The van der Waals surface area contributed by atoms with E-state index in [1.807, 2.05) is 24.0 Å². The molecule has 0 spiro atoms. The van der Waals surface area contributed by atoms with Gasteiger partial charge in [-0.3, -0.25) is 4.79 Å². The van der Waals surface area contributed by atoms with E-state index in [0.29, 0.717) is 43.9 Å². The molecule has 13 nitrogen and oxygen atoms in total. The van der Waals surface area contributed by atoms with Gasteiger partial charge >= 0.3 is 6.09 Å². The normalized spacial score (nSPS) is 24.2. The maximum absolute atomic E-state index is 14.5. The highest BCUT2D eigenvalue weighted by atomic mass is 16.7. The SMILES string of the molecule is C=CCOC12Oc3ccc(OC(=O)NCCCCCCCCCCCC)cc3C3C(CCCCO)C(CCCCO)C=C(C(=NOCC)CC1N(CCOCCO)C(=O)C1CC1)C32. The fraction of sp³-hybridized carbons (Fsp3) is 0.740. The second-order valence-corrected chi connectivity index (χ2v) is 17.8. The van der Waals surface area contributed by atoms with Gasteiger partial charge in [-0.1, -0.05) is 94.9 Å². The molecule has 1 heterocycles. The van der Waals surface area contributed by atoms with Crippen molar-refractivity contribution in [3.05, 3.63) is 48.1 Å². The van der Waals surface area contributed by atoms with E-state index in [-0.39, 0.29) is 75.8 Å². The summed E-state index contributed by atoms with van der Waals surface area (Å²) in [5.74, 6) is -1.10. The Morgan fingerprint density at radius 2 is 1.63 bits per heavy atom. The molecule has 13 heteroatoms. The third-order valence-corrected chi connectivity index (χ3v) is 13.3. The zero-order valence-corrected chi connectivity index (χ0v) is 38.5. The molecule has 6 atom stereocenters. The van der Waals surface area contributed by atoms with Crippen LogP contribution in [0.25, 0.3) is 0 Å². The number of fused-ring (bicyclic) bond motifs is 2. The van der Waals surface area contributed by atoms with Crippen LogP contribution in [0.3, 0.4) is 0 Å². The summed E-state index contributed by atoms with van der Waals surface area (Å²) in [6.45, 7) is 9.90. The number of aliphatic hydroxyl groups is 3. The molecule has 2 saturated carbocycles. The van der Waals surface area contributed by atoms with Gasteiger partial charge in [0.1, 0.15) is 24.1 Å². The topological polar surface area (TPSA) is 169 Å². The smallest absolute Gasteiger partial charge is 0.412 e. The lowest BCUT2D eigenvalue weighted by Crippen LogP contribution is -2.70. The van der Waals surface area contributed by atoms with Crippen molar-refractivity contribution in [1.82, 2.24) is 10.2 Å². The summed E-state index contributed by atoms with van der Waals surface area (Å²) in [5, 5.41) is 37.0. The van der Waals surface area contributed by atoms with Crippen LogP contribution in [-0.2, 0) is 19.1 Å². The van der Waals surface area contributed by atoms with Crippen molar-refractivity contribution in [2.45, 2.75) is 154 Å². The van der Waals surface area contributed by atoms with Crippen LogP contribution in [0, 0.1) is 23.7 Å². The first-order chi connectivity index (χ1) is 30.9. The molecule has 2 amide bonds. The molecule has 0 aromatic heterocycles. The number of nitrogens with zero attached hydrogens (tertiary/aromatic N) is 2. The number of oxime groups is 1. The van der Waals surface area contributed by atoms with Crippen molar-refractivity contribution >= 4 is 17.7 Å². The molecule has 0 radical (unpaired) electrons. The zero-order valence-electron chi connectivity index (χ0n) is 38.5.